The van der Waals surface area contributed by atoms with Crippen molar-refractivity contribution < 1.29 is 4.74 Å². The average molecular weight is 281 g/mol. The first-order valence-electron chi connectivity index (χ1n) is 7.64. The molecule has 2 atom stereocenters. The van der Waals surface area contributed by atoms with Gasteiger partial charge in [-0.15, -0.1) is 0 Å². The van der Waals surface area contributed by atoms with Crippen LogP contribution in [-0.4, -0.2) is 65.1 Å². The van der Waals surface area contributed by atoms with Gasteiger partial charge in [-0.2, -0.15) is 5.10 Å². The molecule has 2 rings (SSSR count). The normalized spacial score (nSPS) is 22.1. The third kappa shape index (κ3) is 4.01. The van der Waals surface area contributed by atoms with Crippen LogP contribution in [0.3, 0.4) is 0 Å². The van der Waals surface area contributed by atoms with E-state index >= 15 is 0 Å². The van der Waals surface area contributed by atoms with E-state index in [0.717, 1.165) is 51.5 Å². The number of hydrogen-bond donors (Lipinski definition) is 1. The maximum atomic E-state index is 5.97. The number of rotatable bonds is 7. The molecule has 0 aliphatic carbocycles. The largest absolute Gasteiger partial charge is 0.374 e. The highest BCUT2D eigenvalue weighted by molar-refractivity contribution is 4.94. The third-order valence-corrected chi connectivity index (χ3v) is 3.80. The lowest BCUT2D eigenvalue weighted by molar-refractivity contribution is -0.0388. The van der Waals surface area contributed by atoms with Crippen molar-refractivity contribution in [1.82, 2.24) is 25.0 Å². The van der Waals surface area contributed by atoms with Crippen molar-refractivity contribution in [3.63, 3.8) is 0 Å². The van der Waals surface area contributed by atoms with E-state index in [1.54, 1.807) is 6.33 Å². The predicted molar refractivity (Wildman–Crippen MR) is 78.7 cm³/mol. The number of nitrogens with one attached hydrogen (secondary N) is 1. The summed E-state index contributed by atoms with van der Waals surface area (Å²) in [5, 5.41) is 7.87. The number of hydrogen-bond acceptors (Lipinski definition) is 5. The van der Waals surface area contributed by atoms with Crippen molar-refractivity contribution in [2.75, 3.05) is 33.3 Å². The molecule has 1 fully saturated rings. The molecule has 1 aromatic heterocycles. The molecule has 20 heavy (non-hydrogen) atoms. The van der Waals surface area contributed by atoms with Crippen LogP contribution in [0, 0.1) is 0 Å². The van der Waals surface area contributed by atoms with E-state index in [4.69, 9.17) is 4.74 Å². The topological polar surface area (TPSA) is 55.2 Å². The molecule has 0 radical (unpaired) electrons. The van der Waals surface area contributed by atoms with Gasteiger partial charge in [-0.05, 0) is 26.9 Å². The summed E-state index contributed by atoms with van der Waals surface area (Å²) in [4.78, 5) is 6.72. The van der Waals surface area contributed by atoms with Crippen LogP contribution >= 0.6 is 0 Å². The zero-order valence-corrected chi connectivity index (χ0v) is 12.9. The molecule has 1 aliphatic heterocycles. The molecule has 0 aromatic carbocycles. The van der Waals surface area contributed by atoms with Gasteiger partial charge in [-0.1, -0.05) is 6.92 Å². The first-order chi connectivity index (χ1) is 9.74. The van der Waals surface area contributed by atoms with Gasteiger partial charge in [0.15, 0.2) is 0 Å². The number of aromatic nitrogens is 3. The Bertz CT molecular complexity index is 395. The Kier molecular flexibility index (Phi) is 5.94. The zero-order valence-electron chi connectivity index (χ0n) is 12.9. The van der Waals surface area contributed by atoms with Gasteiger partial charge in [0.1, 0.15) is 12.2 Å². The molecular formula is C14H27N5O. The fraction of sp³-hybridized carbons (Fsp3) is 0.857. The zero-order chi connectivity index (χ0) is 14.4. The lowest BCUT2D eigenvalue weighted by Crippen LogP contribution is -2.52. The summed E-state index contributed by atoms with van der Waals surface area (Å²) in [5.74, 6) is 1.04. The number of morpholine rings is 1. The summed E-state index contributed by atoms with van der Waals surface area (Å²) >= 11 is 0. The second kappa shape index (κ2) is 7.71. The van der Waals surface area contributed by atoms with Gasteiger partial charge in [0.2, 0.25) is 0 Å². The summed E-state index contributed by atoms with van der Waals surface area (Å²) in [6.07, 6.45) is 3.86. The molecule has 2 unspecified atom stereocenters. The molecule has 2 heterocycles. The molecule has 1 N–H and O–H groups in total. The van der Waals surface area contributed by atoms with Crippen LogP contribution in [-0.2, 0) is 17.7 Å². The SMILES string of the molecule is CCCNC(Cc1ncnn1CC)C1CN(C)CCO1. The molecule has 1 aromatic rings. The van der Waals surface area contributed by atoms with Gasteiger partial charge < -0.3 is 15.0 Å². The fourth-order valence-corrected chi connectivity index (χ4v) is 2.63. The van der Waals surface area contributed by atoms with E-state index in [1.807, 2.05) is 4.68 Å². The van der Waals surface area contributed by atoms with Crippen LogP contribution in [0.25, 0.3) is 0 Å². The average Bonchev–Trinajstić information content (AvgIpc) is 2.90. The van der Waals surface area contributed by atoms with Crippen molar-refractivity contribution in [2.45, 2.75) is 45.4 Å². The lowest BCUT2D eigenvalue weighted by Gasteiger charge is -2.35. The van der Waals surface area contributed by atoms with Crippen LogP contribution in [0.5, 0.6) is 0 Å². The molecule has 0 saturated carbocycles. The molecule has 6 heteroatoms. The van der Waals surface area contributed by atoms with Gasteiger partial charge >= 0.3 is 0 Å². The monoisotopic (exact) mass is 281 g/mol. The number of ether oxygens (including phenoxy) is 1. The molecule has 0 bridgehead atoms. The van der Waals surface area contributed by atoms with Crippen molar-refractivity contribution in [2.24, 2.45) is 0 Å². The van der Waals surface area contributed by atoms with E-state index in [-0.39, 0.29) is 6.10 Å². The van der Waals surface area contributed by atoms with Gasteiger partial charge in [-0.25, -0.2) is 4.98 Å². The van der Waals surface area contributed by atoms with Gasteiger partial charge in [0.05, 0.1) is 12.7 Å². The number of likely N-dealkylation sites (N-methyl/N-ethyl adjacent to an activating group) is 1. The summed E-state index contributed by atoms with van der Waals surface area (Å²) < 4.78 is 7.93. The fourth-order valence-electron chi connectivity index (χ4n) is 2.63. The van der Waals surface area contributed by atoms with Crippen LogP contribution in [0.15, 0.2) is 6.33 Å². The summed E-state index contributed by atoms with van der Waals surface area (Å²) in [6, 6.07) is 0.298. The molecule has 0 amide bonds. The third-order valence-electron chi connectivity index (χ3n) is 3.80. The van der Waals surface area contributed by atoms with Crippen molar-refractivity contribution in [3.05, 3.63) is 12.2 Å². The second-order valence-electron chi connectivity index (χ2n) is 5.43. The molecular weight excluding hydrogens is 254 g/mol. The van der Waals surface area contributed by atoms with Crippen LogP contribution in [0.1, 0.15) is 26.1 Å². The van der Waals surface area contributed by atoms with Crippen LogP contribution in [0.4, 0.5) is 0 Å². The Hall–Kier alpha value is -0.980. The van der Waals surface area contributed by atoms with Gasteiger partial charge in [0.25, 0.3) is 0 Å². The van der Waals surface area contributed by atoms with Crippen LogP contribution < -0.4 is 5.32 Å². The standard InChI is InChI=1S/C14H27N5O/c1-4-6-15-12(13-10-18(3)7-8-20-13)9-14-16-11-17-19(14)5-2/h11-13,15H,4-10H2,1-3H3. The number of nitrogens with zero attached hydrogens (tertiary/aromatic N) is 4. The van der Waals surface area contributed by atoms with Gasteiger partial charge in [-0.3, -0.25) is 4.68 Å². The smallest absolute Gasteiger partial charge is 0.138 e. The minimum absolute atomic E-state index is 0.224. The first kappa shape index (κ1) is 15.4. The lowest BCUT2D eigenvalue weighted by atomic mass is 10.0. The van der Waals surface area contributed by atoms with E-state index in [2.05, 4.69) is 41.2 Å². The second-order valence-corrected chi connectivity index (χ2v) is 5.43. The quantitative estimate of drug-likeness (QED) is 0.790. The Morgan fingerprint density at radius 2 is 2.35 bits per heavy atom. The molecule has 1 aliphatic rings. The molecule has 1 saturated heterocycles. The number of aryl methyl sites for hydroxylation is 1. The molecule has 0 spiro atoms. The first-order valence-corrected chi connectivity index (χ1v) is 7.64. The van der Waals surface area contributed by atoms with Gasteiger partial charge in [0, 0.05) is 32.1 Å². The Balaban J connectivity index is 2.02. The Morgan fingerprint density at radius 1 is 1.50 bits per heavy atom. The minimum Gasteiger partial charge on any atom is -0.374 e. The maximum Gasteiger partial charge on any atom is 0.138 e. The van der Waals surface area contributed by atoms with E-state index in [9.17, 15) is 0 Å². The maximum absolute atomic E-state index is 5.97. The summed E-state index contributed by atoms with van der Waals surface area (Å²) in [6.45, 7) is 8.95. The van der Waals surface area contributed by atoms with E-state index in [0.29, 0.717) is 6.04 Å². The molecule has 114 valence electrons. The highest BCUT2D eigenvalue weighted by Gasteiger charge is 2.27. The van der Waals surface area contributed by atoms with Crippen molar-refractivity contribution in [1.29, 1.82) is 0 Å². The highest BCUT2D eigenvalue weighted by atomic mass is 16.5. The van der Waals surface area contributed by atoms with Crippen LogP contribution in [0.2, 0.25) is 0 Å². The van der Waals surface area contributed by atoms with E-state index < -0.39 is 0 Å². The van der Waals surface area contributed by atoms with Crippen molar-refractivity contribution in [3.8, 4) is 0 Å². The summed E-state index contributed by atoms with van der Waals surface area (Å²) in [7, 11) is 2.15. The van der Waals surface area contributed by atoms with E-state index in [1.165, 1.54) is 0 Å². The minimum atomic E-state index is 0.224. The Morgan fingerprint density at radius 3 is 3.05 bits per heavy atom. The highest BCUT2D eigenvalue weighted by Crippen LogP contribution is 2.12. The Labute approximate surface area is 121 Å². The summed E-state index contributed by atoms with van der Waals surface area (Å²) in [5.41, 5.74) is 0. The predicted octanol–water partition coefficient (Wildman–Crippen LogP) is 0.539. The molecule has 6 nitrogen and oxygen atoms in total. The van der Waals surface area contributed by atoms with Crippen molar-refractivity contribution >= 4 is 0 Å².